The predicted molar refractivity (Wildman–Crippen MR) is 52.5 cm³/mol. The Morgan fingerprint density at radius 2 is 2.27 bits per heavy atom. The molecule has 1 heterocycles. The van der Waals surface area contributed by atoms with Gasteiger partial charge >= 0.3 is 0 Å². The van der Waals surface area contributed by atoms with E-state index in [4.69, 9.17) is 10.4 Å². The molecule has 15 heavy (non-hydrogen) atoms. The molecule has 0 unspecified atom stereocenters. The summed E-state index contributed by atoms with van der Waals surface area (Å²) in [5, 5.41) is 17.8. The third-order valence-corrected chi connectivity index (χ3v) is 2.47. The van der Waals surface area contributed by atoms with Crippen molar-refractivity contribution in [3.05, 3.63) is 28.6 Å². The Bertz CT molecular complexity index is 404. The van der Waals surface area contributed by atoms with Crippen molar-refractivity contribution in [2.45, 2.75) is 18.4 Å². The van der Waals surface area contributed by atoms with Crippen LogP contribution in [0.25, 0.3) is 0 Å². The van der Waals surface area contributed by atoms with Crippen molar-refractivity contribution in [2.24, 2.45) is 0 Å². The molecule has 3 nitrogen and oxygen atoms in total. The highest BCUT2D eigenvalue weighted by molar-refractivity contribution is 9.08. The van der Waals surface area contributed by atoms with Gasteiger partial charge in [0.25, 0.3) is 6.43 Å². The lowest BCUT2D eigenvalue weighted by molar-refractivity contribution is 0.145. The third kappa shape index (κ3) is 2.30. The highest BCUT2D eigenvalue weighted by Gasteiger charge is 2.20. The van der Waals surface area contributed by atoms with Crippen LogP contribution < -0.4 is 0 Å². The summed E-state index contributed by atoms with van der Waals surface area (Å²) in [7, 11) is 0. The van der Waals surface area contributed by atoms with Crippen LogP contribution in [-0.2, 0) is 11.9 Å². The fourth-order valence-corrected chi connectivity index (χ4v) is 1.69. The van der Waals surface area contributed by atoms with Crippen LogP contribution in [0.4, 0.5) is 8.78 Å². The number of halogens is 3. The molecule has 0 saturated heterocycles. The van der Waals surface area contributed by atoms with Gasteiger partial charge in [0, 0.05) is 22.7 Å². The molecule has 1 N–H and O–H groups in total. The minimum Gasteiger partial charge on any atom is -0.392 e. The second-order valence-corrected chi connectivity index (χ2v) is 3.28. The van der Waals surface area contributed by atoms with Crippen molar-refractivity contribution in [1.82, 2.24) is 4.98 Å². The van der Waals surface area contributed by atoms with Gasteiger partial charge in [-0.1, -0.05) is 15.9 Å². The molecule has 0 amide bonds. The zero-order chi connectivity index (χ0) is 11.4. The number of nitrogens with zero attached hydrogens (tertiary/aromatic N) is 2. The molecule has 0 aliphatic rings. The molecule has 0 spiro atoms. The van der Waals surface area contributed by atoms with E-state index in [1.807, 2.05) is 0 Å². The number of hydrogen-bond acceptors (Lipinski definition) is 3. The number of aliphatic hydroxyl groups is 1. The summed E-state index contributed by atoms with van der Waals surface area (Å²) in [6.45, 7) is -0.592. The summed E-state index contributed by atoms with van der Waals surface area (Å²) < 4.78 is 25.4. The van der Waals surface area contributed by atoms with Gasteiger partial charge in [-0.25, -0.2) is 8.78 Å². The highest BCUT2D eigenvalue weighted by Crippen LogP contribution is 2.28. The number of aliphatic hydroxyl groups excluding tert-OH is 1. The molecule has 0 aliphatic heterocycles. The summed E-state index contributed by atoms with van der Waals surface area (Å²) in [6.07, 6.45) is -1.56. The van der Waals surface area contributed by atoms with Crippen LogP contribution in [0.3, 0.4) is 0 Å². The van der Waals surface area contributed by atoms with Gasteiger partial charge < -0.3 is 5.11 Å². The van der Waals surface area contributed by atoms with E-state index >= 15 is 0 Å². The smallest absolute Gasteiger partial charge is 0.266 e. The second-order valence-electron chi connectivity index (χ2n) is 2.72. The lowest BCUT2D eigenvalue weighted by atomic mass is 10.0. The van der Waals surface area contributed by atoms with E-state index in [1.165, 1.54) is 6.20 Å². The van der Waals surface area contributed by atoms with Crippen molar-refractivity contribution >= 4 is 15.9 Å². The Balaban J connectivity index is 3.46. The fourth-order valence-electron chi connectivity index (χ4n) is 1.24. The van der Waals surface area contributed by atoms with Crippen LogP contribution in [0.5, 0.6) is 0 Å². The van der Waals surface area contributed by atoms with E-state index in [9.17, 15) is 8.78 Å². The first-order valence-corrected chi connectivity index (χ1v) is 5.13. The summed E-state index contributed by atoms with van der Waals surface area (Å²) >= 11 is 3.03. The summed E-state index contributed by atoms with van der Waals surface area (Å²) in [6, 6.07) is 1.72. The zero-order valence-corrected chi connectivity index (χ0v) is 9.13. The maximum absolute atomic E-state index is 12.7. The largest absolute Gasteiger partial charge is 0.392 e. The van der Waals surface area contributed by atoms with Gasteiger partial charge in [0.15, 0.2) is 0 Å². The molecule has 6 heteroatoms. The highest BCUT2D eigenvalue weighted by atomic mass is 79.9. The van der Waals surface area contributed by atoms with E-state index in [0.717, 1.165) is 0 Å². The Morgan fingerprint density at radius 3 is 2.67 bits per heavy atom. The van der Waals surface area contributed by atoms with Crippen molar-refractivity contribution in [2.75, 3.05) is 0 Å². The summed E-state index contributed by atoms with van der Waals surface area (Å²) in [5.41, 5.74) is -0.268. The topological polar surface area (TPSA) is 56.9 Å². The number of nitriles is 1. The quantitative estimate of drug-likeness (QED) is 0.862. The van der Waals surface area contributed by atoms with Crippen LogP contribution in [0.2, 0.25) is 0 Å². The number of pyridine rings is 1. The lowest BCUT2D eigenvalue weighted by Gasteiger charge is -2.11. The Morgan fingerprint density at radius 1 is 1.60 bits per heavy atom. The van der Waals surface area contributed by atoms with Crippen LogP contribution in [-0.4, -0.2) is 10.1 Å². The molecule has 1 rings (SSSR count). The maximum Gasteiger partial charge on any atom is 0.266 e. The van der Waals surface area contributed by atoms with Crippen LogP contribution in [0.1, 0.15) is 28.8 Å². The minimum atomic E-state index is -2.75. The molecule has 0 saturated carbocycles. The molecule has 0 aromatic carbocycles. The van der Waals surface area contributed by atoms with E-state index in [-0.39, 0.29) is 27.7 Å². The molecular formula is C9H7BrF2N2O. The molecule has 0 radical (unpaired) electrons. The molecule has 0 atom stereocenters. The van der Waals surface area contributed by atoms with Crippen molar-refractivity contribution < 1.29 is 13.9 Å². The lowest BCUT2D eigenvalue weighted by Crippen LogP contribution is -2.05. The molecule has 1 aromatic rings. The van der Waals surface area contributed by atoms with Gasteiger partial charge in [0.1, 0.15) is 6.07 Å². The SMILES string of the molecule is N#Cc1cnc(CBr)c(C(F)F)c1CO. The summed E-state index contributed by atoms with van der Waals surface area (Å²) in [4.78, 5) is 3.74. The second kappa shape index (κ2) is 5.14. The number of rotatable bonds is 3. The van der Waals surface area contributed by atoms with Crippen molar-refractivity contribution in [1.29, 1.82) is 5.26 Å². The molecule has 1 aromatic heterocycles. The van der Waals surface area contributed by atoms with Crippen LogP contribution >= 0.6 is 15.9 Å². The zero-order valence-electron chi connectivity index (χ0n) is 7.54. The standard InChI is InChI=1S/C9H7BrF2N2O/c10-1-7-8(9(11)12)6(4-15)5(2-13)3-14-7/h3,9,15H,1,4H2. The molecule has 0 aliphatic carbocycles. The fraction of sp³-hybridized carbons (Fsp3) is 0.333. The Hall–Kier alpha value is -1.06. The molecule has 0 fully saturated rings. The third-order valence-electron chi connectivity index (χ3n) is 1.93. The van der Waals surface area contributed by atoms with Gasteiger partial charge in [-0.2, -0.15) is 5.26 Å². The van der Waals surface area contributed by atoms with Gasteiger partial charge in [-0.05, 0) is 0 Å². The number of hydrogen-bond donors (Lipinski definition) is 1. The molecule has 0 bridgehead atoms. The van der Waals surface area contributed by atoms with Crippen LogP contribution in [0.15, 0.2) is 6.20 Å². The predicted octanol–water partition coefficient (Wildman–Crippen LogP) is 2.28. The van der Waals surface area contributed by atoms with Crippen molar-refractivity contribution in [3.8, 4) is 6.07 Å². The first-order valence-electron chi connectivity index (χ1n) is 4.01. The summed E-state index contributed by atoms with van der Waals surface area (Å²) in [5.74, 6) is 0. The average Bonchev–Trinajstić information content (AvgIpc) is 2.26. The van der Waals surface area contributed by atoms with Gasteiger partial charge in [0.05, 0.1) is 17.9 Å². The average molecular weight is 277 g/mol. The first-order chi connectivity index (χ1) is 7.15. The maximum atomic E-state index is 12.7. The Labute approximate surface area is 93.5 Å². The number of aromatic nitrogens is 1. The van der Waals surface area contributed by atoms with E-state index in [2.05, 4.69) is 20.9 Å². The van der Waals surface area contributed by atoms with E-state index in [0.29, 0.717) is 0 Å². The van der Waals surface area contributed by atoms with E-state index in [1.54, 1.807) is 6.07 Å². The van der Waals surface area contributed by atoms with Gasteiger partial charge in [-0.15, -0.1) is 0 Å². The normalized spacial score (nSPS) is 10.4. The van der Waals surface area contributed by atoms with Crippen molar-refractivity contribution in [3.63, 3.8) is 0 Å². The molecular weight excluding hydrogens is 270 g/mol. The van der Waals surface area contributed by atoms with Gasteiger partial charge in [0.2, 0.25) is 0 Å². The van der Waals surface area contributed by atoms with Gasteiger partial charge in [-0.3, -0.25) is 4.98 Å². The Kier molecular flexibility index (Phi) is 4.12. The number of alkyl halides is 3. The minimum absolute atomic E-state index is 0.0162. The first kappa shape index (κ1) is 12.0. The van der Waals surface area contributed by atoms with E-state index < -0.39 is 13.0 Å². The van der Waals surface area contributed by atoms with Crippen LogP contribution in [0, 0.1) is 11.3 Å². The molecule has 80 valence electrons. The monoisotopic (exact) mass is 276 g/mol.